The molecule has 0 spiro atoms. The van der Waals surface area contributed by atoms with Crippen LogP contribution < -0.4 is 5.32 Å². The van der Waals surface area contributed by atoms with Crippen LogP contribution in [0.4, 0.5) is 0 Å². The zero-order valence-electron chi connectivity index (χ0n) is 19.8. The van der Waals surface area contributed by atoms with E-state index in [-0.39, 0.29) is 18.4 Å². The maximum atomic E-state index is 13.2. The molecule has 0 fully saturated rings. The Hall–Kier alpha value is -3.83. The highest BCUT2D eigenvalue weighted by atomic mass is 35.5. The number of aromatic nitrogens is 1. The van der Waals surface area contributed by atoms with Gasteiger partial charge in [0.15, 0.2) is 0 Å². The first kappa shape index (κ1) is 22.9. The summed E-state index contributed by atoms with van der Waals surface area (Å²) < 4.78 is 11.3. The quantitative estimate of drug-likeness (QED) is 0.278. The fourth-order valence-electron chi connectivity index (χ4n) is 4.51. The standard InChI is InChI=1S/C29H25ClN2O3/c1-17-13-23(30)10-11-24(17)29(21-7-5-4-6-8-21)31-27(33)15-20-9-12-25-22(14-20)16-26(34-25)28-18(2)32-35-19(28)3/h4-14,16,29H,15H2,1-3H3,(H,31,33). The monoisotopic (exact) mass is 484 g/mol. The number of halogens is 1. The Kier molecular flexibility index (Phi) is 6.18. The molecule has 3 aromatic carbocycles. The highest BCUT2D eigenvalue weighted by Crippen LogP contribution is 2.33. The summed E-state index contributed by atoms with van der Waals surface area (Å²) in [5, 5.41) is 8.84. The molecule has 2 heterocycles. The lowest BCUT2D eigenvalue weighted by Crippen LogP contribution is -2.31. The van der Waals surface area contributed by atoms with E-state index < -0.39 is 0 Å². The van der Waals surface area contributed by atoms with Crippen molar-refractivity contribution in [2.24, 2.45) is 0 Å². The van der Waals surface area contributed by atoms with Crippen molar-refractivity contribution in [3.63, 3.8) is 0 Å². The second-order valence-corrected chi connectivity index (χ2v) is 9.21. The molecule has 0 aliphatic carbocycles. The number of rotatable bonds is 6. The summed E-state index contributed by atoms with van der Waals surface area (Å²) in [6.07, 6.45) is 0.248. The molecule has 176 valence electrons. The third-order valence-electron chi connectivity index (χ3n) is 6.21. The highest BCUT2D eigenvalue weighted by Gasteiger charge is 2.20. The van der Waals surface area contributed by atoms with Crippen molar-refractivity contribution in [1.29, 1.82) is 0 Å². The number of benzene rings is 3. The third kappa shape index (κ3) is 4.73. The van der Waals surface area contributed by atoms with Gasteiger partial charge in [0.2, 0.25) is 5.91 Å². The van der Waals surface area contributed by atoms with Crippen molar-refractivity contribution < 1.29 is 13.7 Å². The molecular formula is C29H25ClN2O3. The average molecular weight is 485 g/mol. The third-order valence-corrected chi connectivity index (χ3v) is 6.44. The van der Waals surface area contributed by atoms with Gasteiger partial charge in [0.05, 0.1) is 23.7 Å². The van der Waals surface area contributed by atoms with Gasteiger partial charge in [-0.3, -0.25) is 4.79 Å². The topological polar surface area (TPSA) is 68.3 Å². The lowest BCUT2D eigenvalue weighted by molar-refractivity contribution is -0.120. The minimum Gasteiger partial charge on any atom is -0.456 e. The Bertz CT molecular complexity index is 1500. The normalized spacial score (nSPS) is 12.1. The summed E-state index contributed by atoms with van der Waals surface area (Å²) in [5.41, 5.74) is 6.36. The van der Waals surface area contributed by atoms with Gasteiger partial charge in [-0.25, -0.2) is 0 Å². The molecule has 6 heteroatoms. The number of nitrogens with zero attached hydrogens (tertiary/aromatic N) is 1. The van der Waals surface area contributed by atoms with Gasteiger partial charge in [0.25, 0.3) is 0 Å². The number of aryl methyl sites for hydroxylation is 3. The Balaban J connectivity index is 1.40. The van der Waals surface area contributed by atoms with Crippen LogP contribution in [-0.2, 0) is 11.2 Å². The molecule has 1 N–H and O–H groups in total. The number of nitrogens with one attached hydrogen (secondary N) is 1. The van der Waals surface area contributed by atoms with Crippen molar-refractivity contribution in [2.45, 2.75) is 33.2 Å². The fourth-order valence-corrected chi connectivity index (χ4v) is 4.73. The van der Waals surface area contributed by atoms with Crippen molar-refractivity contribution in [1.82, 2.24) is 10.5 Å². The van der Waals surface area contributed by atoms with E-state index in [0.29, 0.717) is 16.5 Å². The number of furan rings is 1. The maximum Gasteiger partial charge on any atom is 0.225 e. The number of fused-ring (bicyclic) bond motifs is 1. The van der Waals surface area contributed by atoms with Crippen molar-refractivity contribution >= 4 is 28.5 Å². The molecule has 5 rings (SSSR count). The Morgan fingerprint density at radius 3 is 2.51 bits per heavy atom. The molecular weight excluding hydrogens is 460 g/mol. The lowest BCUT2D eigenvalue weighted by Gasteiger charge is -2.22. The van der Waals surface area contributed by atoms with E-state index in [1.54, 1.807) is 0 Å². The molecule has 1 unspecified atom stereocenters. The van der Waals surface area contributed by atoms with Crippen molar-refractivity contribution in [3.05, 3.63) is 112 Å². The number of hydrogen-bond donors (Lipinski definition) is 1. The summed E-state index contributed by atoms with van der Waals surface area (Å²) in [6.45, 7) is 5.76. The van der Waals surface area contributed by atoms with Gasteiger partial charge in [-0.1, -0.05) is 59.2 Å². The smallest absolute Gasteiger partial charge is 0.225 e. The molecule has 0 aliphatic rings. The van der Waals surface area contributed by atoms with Gasteiger partial charge in [0, 0.05) is 10.4 Å². The largest absolute Gasteiger partial charge is 0.456 e. The van der Waals surface area contributed by atoms with Gasteiger partial charge < -0.3 is 14.3 Å². The number of hydrogen-bond acceptors (Lipinski definition) is 4. The van der Waals surface area contributed by atoms with Crippen molar-refractivity contribution in [2.75, 3.05) is 0 Å². The maximum absolute atomic E-state index is 13.2. The van der Waals surface area contributed by atoms with Gasteiger partial charge in [-0.05, 0) is 73.4 Å². The van der Waals surface area contributed by atoms with Crippen LogP contribution >= 0.6 is 11.6 Å². The predicted molar refractivity (Wildman–Crippen MR) is 138 cm³/mol. The first-order chi connectivity index (χ1) is 16.9. The zero-order valence-corrected chi connectivity index (χ0v) is 20.5. The lowest BCUT2D eigenvalue weighted by atomic mass is 9.94. The molecule has 5 aromatic rings. The molecule has 0 radical (unpaired) electrons. The SMILES string of the molecule is Cc1cc(Cl)ccc1C(NC(=O)Cc1ccc2oc(-c3c(C)noc3C)cc2c1)c1ccccc1. The molecule has 35 heavy (non-hydrogen) atoms. The van der Waals surface area contributed by atoms with E-state index in [9.17, 15) is 4.79 Å². The van der Waals surface area contributed by atoms with Crippen LogP contribution in [0.15, 0.2) is 81.7 Å². The van der Waals surface area contributed by atoms with E-state index in [0.717, 1.165) is 44.5 Å². The molecule has 5 nitrogen and oxygen atoms in total. The van der Waals surface area contributed by atoms with Gasteiger partial charge in [0.1, 0.15) is 17.1 Å². The van der Waals surface area contributed by atoms with E-state index in [1.165, 1.54) is 0 Å². The van der Waals surface area contributed by atoms with Crippen LogP contribution in [0.5, 0.6) is 0 Å². The van der Waals surface area contributed by atoms with Crippen LogP contribution in [-0.4, -0.2) is 11.1 Å². The summed E-state index contributed by atoms with van der Waals surface area (Å²) in [6, 6.07) is 23.2. The number of amides is 1. The molecule has 0 bridgehead atoms. The number of carbonyl (C=O) groups excluding carboxylic acids is 1. The summed E-state index contributed by atoms with van der Waals surface area (Å²) >= 11 is 6.18. The van der Waals surface area contributed by atoms with E-state index in [1.807, 2.05) is 93.6 Å². The molecule has 0 saturated heterocycles. The first-order valence-corrected chi connectivity index (χ1v) is 11.8. The van der Waals surface area contributed by atoms with Crippen LogP contribution in [0.2, 0.25) is 5.02 Å². The van der Waals surface area contributed by atoms with Gasteiger partial charge >= 0.3 is 0 Å². The van der Waals surface area contributed by atoms with Crippen molar-refractivity contribution in [3.8, 4) is 11.3 Å². The van der Waals surface area contributed by atoms with Gasteiger partial charge in [-0.15, -0.1) is 0 Å². The zero-order chi connectivity index (χ0) is 24.5. The highest BCUT2D eigenvalue weighted by molar-refractivity contribution is 6.30. The fraction of sp³-hybridized carbons (Fsp3) is 0.172. The molecule has 1 amide bonds. The van der Waals surface area contributed by atoms with Crippen LogP contribution in [0.3, 0.4) is 0 Å². The molecule has 1 atom stereocenters. The summed E-state index contributed by atoms with van der Waals surface area (Å²) in [5.74, 6) is 1.35. The van der Waals surface area contributed by atoms with E-state index >= 15 is 0 Å². The molecule has 0 saturated carbocycles. The molecule has 0 aliphatic heterocycles. The second-order valence-electron chi connectivity index (χ2n) is 8.77. The Morgan fingerprint density at radius 2 is 1.80 bits per heavy atom. The van der Waals surface area contributed by atoms with Gasteiger partial charge in [-0.2, -0.15) is 0 Å². The predicted octanol–water partition coefficient (Wildman–Crippen LogP) is 7.11. The second kappa shape index (κ2) is 9.43. The average Bonchev–Trinajstić information content (AvgIpc) is 3.40. The number of carbonyl (C=O) groups is 1. The first-order valence-electron chi connectivity index (χ1n) is 11.4. The summed E-state index contributed by atoms with van der Waals surface area (Å²) in [4.78, 5) is 13.2. The summed E-state index contributed by atoms with van der Waals surface area (Å²) in [7, 11) is 0. The van der Waals surface area contributed by atoms with E-state index in [4.69, 9.17) is 20.5 Å². The minimum atomic E-state index is -0.273. The van der Waals surface area contributed by atoms with Crippen LogP contribution in [0.1, 0.15) is 39.7 Å². The minimum absolute atomic E-state index is 0.0676. The van der Waals surface area contributed by atoms with Crippen LogP contribution in [0.25, 0.3) is 22.3 Å². The van der Waals surface area contributed by atoms with E-state index in [2.05, 4.69) is 10.5 Å². The Morgan fingerprint density at radius 1 is 1.00 bits per heavy atom. The molecule has 2 aromatic heterocycles. The van der Waals surface area contributed by atoms with Crippen LogP contribution in [0, 0.1) is 20.8 Å². The Labute approximate surface area is 208 Å².